The van der Waals surface area contributed by atoms with E-state index in [1.54, 1.807) is 0 Å². The first-order valence-electron chi connectivity index (χ1n) is 20.6. The summed E-state index contributed by atoms with van der Waals surface area (Å²) in [6, 6.07) is 15.1. The van der Waals surface area contributed by atoms with Crippen LogP contribution in [0.25, 0.3) is 0 Å². The second-order valence-electron chi connectivity index (χ2n) is 15.7. The summed E-state index contributed by atoms with van der Waals surface area (Å²) in [5.74, 6) is -2.46. The molecule has 358 valence electrons. The van der Waals surface area contributed by atoms with E-state index in [1.165, 1.54) is 111 Å². The highest BCUT2D eigenvalue weighted by Gasteiger charge is 2.39. The van der Waals surface area contributed by atoms with Crippen molar-refractivity contribution in [3.8, 4) is 23.0 Å². The van der Waals surface area contributed by atoms with Crippen LogP contribution in [-0.2, 0) is 38.9 Å². The number of carbonyl (C=O) groups is 2. The van der Waals surface area contributed by atoms with Crippen molar-refractivity contribution in [2.75, 3.05) is 78.8 Å². The van der Waals surface area contributed by atoms with Crippen molar-refractivity contribution in [3.05, 3.63) is 82.8 Å². The number of anilines is 2. The predicted octanol–water partition coefficient (Wildman–Crippen LogP) is 4.83. The van der Waals surface area contributed by atoms with Gasteiger partial charge in [0.05, 0.1) is 71.7 Å². The molecule has 0 spiro atoms. The molecule has 6 rings (SSSR count). The molecule has 2 N–H and O–H groups in total. The molecule has 0 amide bonds. The number of halogens is 2. The van der Waals surface area contributed by atoms with E-state index in [-0.39, 0.29) is 64.0 Å². The number of aliphatic hydroxyl groups excluding tert-OH is 2. The van der Waals surface area contributed by atoms with Gasteiger partial charge in [-0.25, -0.2) is 36.6 Å². The van der Waals surface area contributed by atoms with Crippen LogP contribution in [0.1, 0.15) is 25.7 Å². The molecule has 2 unspecified atom stereocenters. The van der Waals surface area contributed by atoms with Crippen LogP contribution in [0.15, 0.2) is 92.4 Å². The van der Waals surface area contributed by atoms with Gasteiger partial charge in [-0.15, -0.1) is 0 Å². The van der Waals surface area contributed by atoms with E-state index in [1.807, 2.05) is 14.1 Å². The Morgan fingerprint density at radius 1 is 0.561 bits per heavy atom. The van der Waals surface area contributed by atoms with Crippen molar-refractivity contribution >= 4 is 66.2 Å². The number of methoxy groups -OCH3 is 4. The normalized spacial score (nSPS) is 16.5. The molecular formula is C44H52Cl2N4O14S2. The summed E-state index contributed by atoms with van der Waals surface area (Å²) in [5.41, 5.74) is 0.349. The van der Waals surface area contributed by atoms with Crippen molar-refractivity contribution in [2.24, 2.45) is 0 Å². The Morgan fingerprint density at radius 3 is 1.20 bits per heavy atom. The molecule has 0 aliphatic carbocycles. The summed E-state index contributed by atoms with van der Waals surface area (Å²) < 4.78 is 76.6. The van der Waals surface area contributed by atoms with E-state index in [2.05, 4.69) is 9.80 Å². The summed E-state index contributed by atoms with van der Waals surface area (Å²) in [6.07, 6.45) is -3.05. The molecule has 2 aliphatic rings. The maximum absolute atomic E-state index is 13.8. The lowest BCUT2D eigenvalue weighted by Gasteiger charge is -2.38. The molecule has 4 aromatic rings. The topological polar surface area (TPSA) is 211 Å². The van der Waals surface area contributed by atoms with Crippen LogP contribution in [0.2, 0.25) is 10.0 Å². The summed E-state index contributed by atoms with van der Waals surface area (Å²) in [7, 11) is 0.794. The second kappa shape index (κ2) is 21.3. The Morgan fingerprint density at radius 2 is 0.894 bits per heavy atom. The number of sulfone groups is 2. The molecule has 2 fully saturated rings. The number of piperidine rings is 2. The lowest BCUT2D eigenvalue weighted by molar-refractivity contribution is -0.176. The third-order valence-electron chi connectivity index (χ3n) is 11.4. The maximum atomic E-state index is 13.8. The Balaban J connectivity index is 1.25. The molecule has 2 heterocycles. The number of hydroxylamine groups is 2. The van der Waals surface area contributed by atoms with Gasteiger partial charge in [-0.1, -0.05) is 23.2 Å². The van der Waals surface area contributed by atoms with E-state index in [0.717, 1.165) is 0 Å². The number of hydrogen-bond donors (Lipinski definition) is 2. The molecule has 2 aliphatic heterocycles. The van der Waals surface area contributed by atoms with Gasteiger partial charge in [-0.2, -0.15) is 0 Å². The molecular weight excluding hydrogens is 944 g/mol. The van der Waals surface area contributed by atoms with E-state index < -0.39 is 55.9 Å². The fourth-order valence-corrected chi connectivity index (χ4v) is 11.1. The Bertz CT molecular complexity index is 2450. The molecule has 4 aromatic carbocycles. The van der Waals surface area contributed by atoms with Gasteiger partial charge in [0.15, 0.2) is 12.2 Å². The average molecular weight is 996 g/mol. The summed E-state index contributed by atoms with van der Waals surface area (Å²) in [4.78, 5) is 42.5. The van der Waals surface area contributed by atoms with E-state index in [4.69, 9.17) is 51.8 Å². The zero-order valence-electron chi connectivity index (χ0n) is 37.0. The lowest BCUT2D eigenvalue weighted by atomic mass is 10.0. The van der Waals surface area contributed by atoms with Gasteiger partial charge in [0.2, 0.25) is 19.7 Å². The number of aliphatic hydroxyl groups is 2. The number of nitrogens with zero attached hydrogens (tertiary/aromatic N) is 4. The van der Waals surface area contributed by atoms with E-state index >= 15 is 0 Å². The third kappa shape index (κ3) is 10.9. The average Bonchev–Trinajstić information content (AvgIpc) is 3.31. The zero-order valence-corrected chi connectivity index (χ0v) is 40.2. The van der Waals surface area contributed by atoms with Crippen molar-refractivity contribution < 1.29 is 65.3 Å². The number of hydrogen-bond acceptors (Lipinski definition) is 18. The number of benzene rings is 4. The first-order valence-corrected chi connectivity index (χ1v) is 24.3. The number of likely N-dealkylation sites (tertiary alicyclic amines) is 2. The minimum atomic E-state index is -4.20. The molecule has 18 nitrogen and oxygen atoms in total. The van der Waals surface area contributed by atoms with Crippen molar-refractivity contribution in [2.45, 2.75) is 69.6 Å². The number of carbonyl (C=O) groups excluding carboxylic acids is 2. The molecule has 0 bridgehead atoms. The molecule has 22 heteroatoms. The fourth-order valence-electron chi connectivity index (χ4n) is 7.61. The summed E-state index contributed by atoms with van der Waals surface area (Å²) in [6.45, 7) is 2.38. The van der Waals surface area contributed by atoms with Crippen LogP contribution in [0.4, 0.5) is 11.4 Å². The maximum Gasteiger partial charge on any atom is 0.363 e. The fraction of sp³-hybridized carbons (Fsp3) is 0.409. The highest BCUT2D eigenvalue weighted by atomic mass is 35.5. The van der Waals surface area contributed by atoms with Gasteiger partial charge < -0.3 is 48.6 Å². The van der Waals surface area contributed by atoms with Gasteiger partial charge in [-0.05, 0) is 127 Å². The van der Waals surface area contributed by atoms with Crippen LogP contribution in [0.5, 0.6) is 23.0 Å². The molecule has 0 radical (unpaired) electrons. The Kier molecular flexibility index (Phi) is 16.2. The lowest BCUT2D eigenvalue weighted by Crippen LogP contribution is -2.51. The van der Waals surface area contributed by atoms with Crippen molar-refractivity contribution in [1.82, 2.24) is 9.80 Å². The monoisotopic (exact) mass is 994 g/mol. The third-order valence-corrected chi connectivity index (χ3v) is 15.6. The van der Waals surface area contributed by atoms with Crippen LogP contribution in [-0.4, -0.2) is 142 Å². The number of rotatable bonds is 17. The van der Waals surface area contributed by atoms with Gasteiger partial charge in [0, 0.05) is 12.1 Å². The molecule has 0 aromatic heterocycles. The van der Waals surface area contributed by atoms with Gasteiger partial charge in [0.1, 0.15) is 32.8 Å². The highest BCUT2D eigenvalue weighted by Crippen LogP contribution is 2.39. The van der Waals surface area contributed by atoms with Crippen LogP contribution < -0.4 is 29.1 Å². The van der Waals surface area contributed by atoms with Gasteiger partial charge in [-0.3, -0.25) is 0 Å². The van der Waals surface area contributed by atoms with Crippen LogP contribution in [0, 0.1) is 0 Å². The molecule has 2 atom stereocenters. The first kappa shape index (κ1) is 50.4. The van der Waals surface area contributed by atoms with Crippen LogP contribution >= 0.6 is 23.2 Å². The van der Waals surface area contributed by atoms with Gasteiger partial charge in [0.25, 0.3) is 0 Å². The first-order chi connectivity index (χ1) is 31.3. The SMILES string of the molecule is COc1ccc(S(=O)(=O)c2ccc(N(OC(=O)C(O)C(O)C(=O)ON(c3ccc(S(=O)(=O)c4ccc(OC)c(Cl)c4)c(OC)c3)C3CCN(C)CC3)C3CCN(C)CC3)cc2OC)cc1Cl. The molecule has 0 saturated carbocycles. The summed E-state index contributed by atoms with van der Waals surface area (Å²) in [5, 5.41) is 25.0. The summed E-state index contributed by atoms with van der Waals surface area (Å²) >= 11 is 12.5. The van der Waals surface area contributed by atoms with E-state index in [9.17, 15) is 36.6 Å². The number of ether oxygens (including phenoxy) is 4. The predicted molar refractivity (Wildman–Crippen MR) is 243 cm³/mol. The zero-order chi connectivity index (χ0) is 48.1. The molecule has 2 saturated heterocycles. The Labute approximate surface area is 393 Å². The molecule has 66 heavy (non-hydrogen) atoms. The van der Waals surface area contributed by atoms with Crippen LogP contribution in [0.3, 0.4) is 0 Å². The highest BCUT2D eigenvalue weighted by molar-refractivity contribution is 7.92. The quantitative estimate of drug-likeness (QED) is 0.136. The Hall–Kier alpha value is -5.06. The standard InChI is InChI=1S/C44H52Cl2N4O14S2/c1-47-19-15-27(16-20-47)49(29-7-13-39(37(23-29)61-5)65(55,56)31-9-11-35(59-3)33(45)25-31)63-43(53)41(51)42(52)44(54)64-50(28-17-21-48(2)22-18-28)30-8-14-40(38(24-30)62-6)66(57,58)32-10-12-36(60-4)34(46)26-32/h7-14,23-28,41-42,51-52H,15-22H2,1-6H3. The van der Waals surface area contributed by atoms with Gasteiger partial charge >= 0.3 is 11.9 Å². The minimum Gasteiger partial charge on any atom is -0.495 e. The smallest absolute Gasteiger partial charge is 0.363 e. The largest absolute Gasteiger partial charge is 0.495 e. The van der Waals surface area contributed by atoms with Crippen molar-refractivity contribution in [3.63, 3.8) is 0 Å². The van der Waals surface area contributed by atoms with E-state index in [0.29, 0.717) is 51.9 Å². The second-order valence-corrected chi connectivity index (χ2v) is 20.4. The van der Waals surface area contributed by atoms with Crippen molar-refractivity contribution in [1.29, 1.82) is 0 Å². The minimum absolute atomic E-state index is 0.0771.